The van der Waals surface area contributed by atoms with Crippen LogP contribution in [0.1, 0.15) is 50.4 Å². The highest BCUT2D eigenvalue weighted by Crippen LogP contribution is 2.30. The zero-order valence-corrected chi connectivity index (χ0v) is 21.5. The first-order valence-electron chi connectivity index (χ1n) is 11.8. The fourth-order valence-electron chi connectivity index (χ4n) is 4.34. The number of benzene rings is 1. The van der Waals surface area contributed by atoms with Crippen molar-refractivity contribution in [2.24, 2.45) is 5.73 Å². The summed E-state index contributed by atoms with van der Waals surface area (Å²) in [5.74, 6) is 1.11. The first-order chi connectivity index (χ1) is 16.5. The Morgan fingerprint density at radius 3 is 2.54 bits per heavy atom. The number of imidazole rings is 1. The molecule has 10 heteroatoms. The smallest absolute Gasteiger partial charge is 0.227 e. The van der Waals surface area contributed by atoms with Crippen molar-refractivity contribution in [3.8, 4) is 10.4 Å². The largest absolute Gasteiger partial charge is 0.363 e. The van der Waals surface area contributed by atoms with Gasteiger partial charge in [-0.1, -0.05) is 12.1 Å². The SMILES string of the molecule is CC(C)n1cnc2c(NCc3ccc(-c4ccc(F)cc4)s3)nc(NC3CCC(N)CC3)nc21.Cl. The Labute approximate surface area is 214 Å². The maximum absolute atomic E-state index is 13.3. The van der Waals surface area contributed by atoms with Gasteiger partial charge < -0.3 is 20.9 Å². The Hall–Kier alpha value is -2.75. The number of aromatic nitrogens is 4. The molecule has 0 aliphatic heterocycles. The number of nitrogens with one attached hydrogen (secondary N) is 2. The van der Waals surface area contributed by atoms with Gasteiger partial charge >= 0.3 is 0 Å². The number of hydrogen-bond donors (Lipinski definition) is 3. The van der Waals surface area contributed by atoms with Gasteiger partial charge in [0.1, 0.15) is 5.82 Å². The van der Waals surface area contributed by atoms with Crippen LogP contribution in [-0.2, 0) is 6.54 Å². The van der Waals surface area contributed by atoms with Crippen molar-refractivity contribution in [1.82, 2.24) is 19.5 Å². The van der Waals surface area contributed by atoms with E-state index in [4.69, 9.17) is 15.7 Å². The Morgan fingerprint density at radius 1 is 1.09 bits per heavy atom. The first-order valence-corrected chi connectivity index (χ1v) is 12.6. The Kier molecular flexibility index (Phi) is 7.88. The van der Waals surface area contributed by atoms with Gasteiger partial charge in [0.25, 0.3) is 0 Å². The highest BCUT2D eigenvalue weighted by atomic mass is 35.5. The summed E-state index contributed by atoms with van der Waals surface area (Å²) in [4.78, 5) is 16.5. The minimum atomic E-state index is -0.226. The van der Waals surface area contributed by atoms with E-state index in [1.54, 1.807) is 23.5 Å². The molecule has 1 aliphatic carbocycles. The number of fused-ring (bicyclic) bond motifs is 1. The van der Waals surface area contributed by atoms with E-state index in [2.05, 4.69) is 46.2 Å². The molecule has 4 aromatic rings. The summed E-state index contributed by atoms with van der Waals surface area (Å²) < 4.78 is 15.3. The van der Waals surface area contributed by atoms with Crippen molar-refractivity contribution >= 4 is 46.7 Å². The standard InChI is InChI=1S/C25H30FN7S.ClH/c1-15(2)33-14-29-22-23(31-25(32-24(22)33)30-19-9-7-18(27)8-10-19)28-13-20-11-12-21(34-20)16-3-5-17(26)6-4-16;/h3-6,11-12,14-15,18-19H,7-10,13,27H2,1-2H3,(H2,28,30,31,32);1H. The Balaban J connectivity index is 0.00000289. The minimum Gasteiger partial charge on any atom is -0.363 e. The molecule has 0 unspecified atom stereocenters. The molecule has 1 fully saturated rings. The van der Waals surface area contributed by atoms with E-state index in [1.165, 1.54) is 12.1 Å². The van der Waals surface area contributed by atoms with E-state index in [0.29, 0.717) is 24.6 Å². The highest BCUT2D eigenvalue weighted by molar-refractivity contribution is 7.15. The van der Waals surface area contributed by atoms with Crippen LogP contribution in [0.25, 0.3) is 21.6 Å². The number of nitrogens with zero attached hydrogens (tertiary/aromatic N) is 4. The summed E-state index contributed by atoms with van der Waals surface area (Å²) in [5.41, 5.74) is 8.67. The molecule has 1 aliphatic rings. The molecule has 5 rings (SSSR count). The predicted octanol–water partition coefficient (Wildman–Crippen LogP) is 5.99. The van der Waals surface area contributed by atoms with Crippen molar-refractivity contribution < 1.29 is 4.39 Å². The van der Waals surface area contributed by atoms with Gasteiger partial charge in [-0.3, -0.25) is 0 Å². The van der Waals surface area contributed by atoms with Crippen LogP contribution in [0.4, 0.5) is 16.2 Å². The lowest BCUT2D eigenvalue weighted by Gasteiger charge is -2.27. The van der Waals surface area contributed by atoms with E-state index in [0.717, 1.165) is 58.0 Å². The van der Waals surface area contributed by atoms with Crippen LogP contribution in [-0.4, -0.2) is 31.6 Å². The lowest BCUT2D eigenvalue weighted by Crippen LogP contribution is -2.33. The molecule has 1 saturated carbocycles. The zero-order chi connectivity index (χ0) is 23.7. The molecule has 186 valence electrons. The van der Waals surface area contributed by atoms with E-state index in [-0.39, 0.29) is 24.3 Å². The maximum atomic E-state index is 13.3. The molecule has 0 bridgehead atoms. The topological polar surface area (TPSA) is 93.7 Å². The summed E-state index contributed by atoms with van der Waals surface area (Å²) in [6.07, 6.45) is 5.91. The van der Waals surface area contributed by atoms with E-state index < -0.39 is 0 Å². The van der Waals surface area contributed by atoms with Gasteiger partial charge in [0, 0.05) is 27.9 Å². The summed E-state index contributed by atoms with van der Waals surface area (Å²) in [7, 11) is 0. The molecule has 3 heterocycles. The van der Waals surface area contributed by atoms with Crippen molar-refractivity contribution in [3.05, 3.63) is 53.4 Å². The number of anilines is 2. The Morgan fingerprint density at radius 2 is 1.83 bits per heavy atom. The third-order valence-electron chi connectivity index (χ3n) is 6.30. The number of rotatable bonds is 7. The van der Waals surface area contributed by atoms with Gasteiger partial charge in [0.2, 0.25) is 5.95 Å². The number of hydrogen-bond acceptors (Lipinski definition) is 7. The van der Waals surface area contributed by atoms with Crippen LogP contribution in [0.5, 0.6) is 0 Å². The van der Waals surface area contributed by atoms with Gasteiger partial charge in [-0.05, 0) is 69.4 Å². The third kappa shape index (κ3) is 5.74. The fraction of sp³-hybridized carbons (Fsp3) is 0.400. The van der Waals surface area contributed by atoms with Gasteiger partial charge in [-0.15, -0.1) is 23.7 Å². The summed E-state index contributed by atoms with van der Waals surface area (Å²) in [6, 6.07) is 11.6. The van der Waals surface area contributed by atoms with Crippen molar-refractivity contribution in [2.45, 2.75) is 64.2 Å². The summed E-state index contributed by atoms with van der Waals surface area (Å²) >= 11 is 1.68. The molecular formula is C25H31ClFN7S. The van der Waals surface area contributed by atoms with E-state index >= 15 is 0 Å². The molecule has 0 amide bonds. The van der Waals surface area contributed by atoms with Gasteiger partial charge in [0.05, 0.1) is 12.9 Å². The highest BCUT2D eigenvalue weighted by Gasteiger charge is 2.21. The lowest BCUT2D eigenvalue weighted by molar-refractivity contribution is 0.410. The second-order valence-electron chi connectivity index (χ2n) is 9.20. The summed E-state index contributed by atoms with van der Waals surface area (Å²) in [6.45, 7) is 4.85. The van der Waals surface area contributed by atoms with Gasteiger partial charge in [-0.25, -0.2) is 9.37 Å². The fourth-order valence-corrected chi connectivity index (χ4v) is 5.29. The van der Waals surface area contributed by atoms with Crippen LogP contribution in [0.2, 0.25) is 0 Å². The van der Waals surface area contributed by atoms with E-state index in [1.807, 2.05) is 6.33 Å². The molecule has 0 saturated heterocycles. The zero-order valence-electron chi connectivity index (χ0n) is 19.9. The molecule has 35 heavy (non-hydrogen) atoms. The van der Waals surface area contributed by atoms with Crippen LogP contribution in [0.3, 0.4) is 0 Å². The molecule has 7 nitrogen and oxygen atoms in total. The summed E-state index contributed by atoms with van der Waals surface area (Å²) in [5, 5.41) is 7.01. The van der Waals surface area contributed by atoms with Crippen LogP contribution < -0.4 is 16.4 Å². The van der Waals surface area contributed by atoms with Crippen LogP contribution >= 0.6 is 23.7 Å². The number of halogens is 2. The minimum absolute atomic E-state index is 0. The molecule has 0 spiro atoms. The monoisotopic (exact) mass is 515 g/mol. The maximum Gasteiger partial charge on any atom is 0.227 e. The average Bonchev–Trinajstić information content (AvgIpc) is 3.47. The van der Waals surface area contributed by atoms with Crippen molar-refractivity contribution in [1.29, 1.82) is 0 Å². The first kappa shape index (κ1) is 25.3. The van der Waals surface area contributed by atoms with Crippen molar-refractivity contribution in [2.75, 3.05) is 10.6 Å². The predicted molar refractivity (Wildman–Crippen MR) is 144 cm³/mol. The number of nitrogens with two attached hydrogens (primary N) is 1. The number of thiophene rings is 1. The van der Waals surface area contributed by atoms with Crippen LogP contribution in [0.15, 0.2) is 42.7 Å². The second kappa shape index (κ2) is 10.9. The molecular weight excluding hydrogens is 485 g/mol. The van der Waals surface area contributed by atoms with Gasteiger partial charge in [-0.2, -0.15) is 9.97 Å². The molecule has 4 N–H and O–H groups in total. The molecule has 1 aromatic carbocycles. The molecule has 0 atom stereocenters. The second-order valence-corrected chi connectivity index (χ2v) is 10.4. The molecule has 3 aromatic heterocycles. The third-order valence-corrected chi connectivity index (χ3v) is 7.44. The Bertz CT molecular complexity index is 1260. The van der Waals surface area contributed by atoms with E-state index in [9.17, 15) is 4.39 Å². The van der Waals surface area contributed by atoms with Crippen LogP contribution in [0, 0.1) is 5.82 Å². The average molecular weight is 516 g/mol. The quantitative estimate of drug-likeness (QED) is 0.280. The van der Waals surface area contributed by atoms with Crippen molar-refractivity contribution in [3.63, 3.8) is 0 Å². The molecule has 0 radical (unpaired) electrons. The van der Waals surface area contributed by atoms with Gasteiger partial charge in [0.15, 0.2) is 17.0 Å². The normalized spacial score (nSPS) is 18.0. The lowest BCUT2D eigenvalue weighted by atomic mass is 9.92.